The van der Waals surface area contributed by atoms with Gasteiger partial charge in [-0.2, -0.15) is 14.0 Å². The van der Waals surface area contributed by atoms with Crippen molar-refractivity contribution in [1.82, 2.24) is 15.3 Å². The second-order valence-electron chi connectivity index (χ2n) is 4.57. The Labute approximate surface area is 140 Å². The maximum absolute atomic E-state index is 13.6. The maximum atomic E-state index is 13.6. The standard InChI is InChI=1S/C15H11F3N4O3/c1-24-12-7-20-10(4-19)2-8(12)5-21-13(23)9-3-11(16)14(22-6-9)25-15(17)18/h2-3,6-7,15H,5H2,1H3,(H,21,23). The number of hydrogen-bond donors (Lipinski definition) is 1. The molecule has 0 atom stereocenters. The zero-order valence-corrected chi connectivity index (χ0v) is 12.8. The maximum Gasteiger partial charge on any atom is 0.388 e. The van der Waals surface area contributed by atoms with Gasteiger partial charge in [-0.3, -0.25) is 4.79 Å². The molecule has 130 valence electrons. The number of carbonyl (C=O) groups is 1. The molecule has 0 aliphatic carbocycles. The van der Waals surface area contributed by atoms with Crippen LogP contribution in [0.1, 0.15) is 21.6 Å². The molecule has 25 heavy (non-hydrogen) atoms. The molecule has 0 saturated carbocycles. The van der Waals surface area contributed by atoms with E-state index in [1.54, 1.807) is 0 Å². The van der Waals surface area contributed by atoms with Crippen LogP contribution in [-0.4, -0.2) is 29.6 Å². The summed E-state index contributed by atoms with van der Waals surface area (Å²) in [4.78, 5) is 19.2. The Morgan fingerprint density at radius 1 is 1.36 bits per heavy atom. The molecule has 0 aliphatic heterocycles. The number of halogens is 3. The first kappa shape index (κ1) is 18.0. The lowest BCUT2D eigenvalue weighted by Gasteiger charge is -2.10. The summed E-state index contributed by atoms with van der Waals surface area (Å²) >= 11 is 0. The van der Waals surface area contributed by atoms with Crippen LogP contribution in [0.2, 0.25) is 0 Å². The van der Waals surface area contributed by atoms with Gasteiger partial charge in [0.25, 0.3) is 11.8 Å². The highest BCUT2D eigenvalue weighted by molar-refractivity contribution is 5.93. The van der Waals surface area contributed by atoms with Crippen LogP contribution in [0.4, 0.5) is 13.2 Å². The third-order valence-electron chi connectivity index (χ3n) is 2.99. The quantitative estimate of drug-likeness (QED) is 0.854. The van der Waals surface area contributed by atoms with Crippen LogP contribution in [0.25, 0.3) is 0 Å². The van der Waals surface area contributed by atoms with Crippen molar-refractivity contribution in [3.8, 4) is 17.7 Å². The Balaban J connectivity index is 2.10. The summed E-state index contributed by atoms with van der Waals surface area (Å²) in [5, 5.41) is 11.3. The molecule has 2 rings (SSSR count). The Morgan fingerprint density at radius 2 is 2.12 bits per heavy atom. The number of hydrogen-bond acceptors (Lipinski definition) is 6. The highest BCUT2D eigenvalue weighted by atomic mass is 19.3. The molecule has 0 aromatic carbocycles. The average molecular weight is 352 g/mol. The van der Waals surface area contributed by atoms with Gasteiger partial charge in [-0.25, -0.2) is 14.4 Å². The predicted octanol–water partition coefficient (Wildman–Crippen LogP) is 2.03. The van der Waals surface area contributed by atoms with Crippen molar-refractivity contribution >= 4 is 5.91 Å². The fourth-order valence-electron chi connectivity index (χ4n) is 1.87. The minimum Gasteiger partial charge on any atom is -0.495 e. The molecule has 0 radical (unpaired) electrons. The van der Waals surface area contributed by atoms with E-state index in [4.69, 9.17) is 10.00 Å². The summed E-state index contributed by atoms with van der Waals surface area (Å²) < 4.78 is 46.6. The first-order chi connectivity index (χ1) is 11.9. The number of alkyl halides is 2. The van der Waals surface area contributed by atoms with Gasteiger partial charge < -0.3 is 14.8 Å². The van der Waals surface area contributed by atoms with E-state index in [0.717, 1.165) is 12.3 Å². The van der Waals surface area contributed by atoms with Gasteiger partial charge in [-0.15, -0.1) is 0 Å². The number of rotatable bonds is 6. The number of nitrogens with one attached hydrogen (secondary N) is 1. The van der Waals surface area contributed by atoms with Gasteiger partial charge in [0.05, 0.1) is 18.9 Å². The monoisotopic (exact) mass is 352 g/mol. The van der Waals surface area contributed by atoms with Crippen LogP contribution in [0.15, 0.2) is 24.5 Å². The summed E-state index contributed by atoms with van der Waals surface area (Å²) in [5.41, 5.74) is 0.424. The summed E-state index contributed by atoms with van der Waals surface area (Å²) in [6.45, 7) is -3.26. The summed E-state index contributed by atoms with van der Waals surface area (Å²) in [6.07, 6.45) is 2.23. The van der Waals surface area contributed by atoms with Crippen LogP contribution < -0.4 is 14.8 Å². The minimum atomic E-state index is -3.23. The molecule has 2 aromatic rings. The molecule has 1 amide bonds. The lowest BCUT2D eigenvalue weighted by molar-refractivity contribution is -0.0553. The van der Waals surface area contributed by atoms with Crippen molar-refractivity contribution in [2.75, 3.05) is 7.11 Å². The van der Waals surface area contributed by atoms with Crippen LogP contribution in [0, 0.1) is 17.1 Å². The molecule has 0 bridgehead atoms. The fraction of sp³-hybridized carbons (Fsp3) is 0.200. The normalized spacial score (nSPS) is 10.2. The van der Waals surface area contributed by atoms with E-state index in [2.05, 4.69) is 20.0 Å². The lowest BCUT2D eigenvalue weighted by atomic mass is 10.2. The lowest BCUT2D eigenvalue weighted by Crippen LogP contribution is -2.23. The van der Waals surface area contributed by atoms with Crippen molar-refractivity contribution in [3.05, 3.63) is 47.2 Å². The molecule has 0 spiro atoms. The smallest absolute Gasteiger partial charge is 0.388 e. The summed E-state index contributed by atoms with van der Waals surface area (Å²) in [7, 11) is 1.40. The van der Waals surface area contributed by atoms with Crippen molar-refractivity contribution in [2.45, 2.75) is 13.2 Å². The molecule has 2 heterocycles. The second-order valence-corrected chi connectivity index (χ2v) is 4.57. The molecule has 0 saturated heterocycles. The zero-order valence-electron chi connectivity index (χ0n) is 12.8. The Hall–Kier alpha value is -3.35. The van der Waals surface area contributed by atoms with Crippen LogP contribution >= 0.6 is 0 Å². The second kappa shape index (κ2) is 7.96. The number of ether oxygens (including phenoxy) is 2. The predicted molar refractivity (Wildman–Crippen MR) is 77.5 cm³/mol. The largest absolute Gasteiger partial charge is 0.495 e. The molecule has 10 heteroatoms. The Morgan fingerprint density at radius 3 is 2.72 bits per heavy atom. The SMILES string of the molecule is COc1cnc(C#N)cc1CNC(=O)c1cnc(OC(F)F)c(F)c1. The fourth-order valence-corrected chi connectivity index (χ4v) is 1.87. The molecule has 7 nitrogen and oxygen atoms in total. The van der Waals surface area contributed by atoms with Gasteiger partial charge in [0.2, 0.25) is 0 Å². The van der Waals surface area contributed by atoms with Crippen LogP contribution in [-0.2, 0) is 6.54 Å². The first-order valence-electron chi connectivity index (χ1n) is 6.76. The van der Waals surface area contributed by atoms with Crippen molar-refractivity contribution < 1.29 is 27.4 Å². The molecule has 2 aromatic heterocycles. The summed E-state index contributed by atoms with van der Waals surface area (Å²) in [6, 6.07) is 4.01. The van der Waals surface area contributed by atoms with Crippen LogP contribution in [0.5, 0.6) is 11.6 Å². The Bertz CT molecular complexity index is 824. The zero-order chi connectivity index (χ0) is 18.4. The number of pyridine rings is 2. The molecule has 0 aliphatic rings. The number of methoxy groups -OCH3 is 1. The molecule has 0 fully saturated rings. The Kier molecular flexibility index (Phi) is 5.73. The van der Waals surface area contributed by atoms with E-state index in [-0.39, 0.29) is 17.8 Å². The van der Waals surface area contributed by atoms with E-state index >= 15 is 0 Å². The van der Waals surface area contributed by atoms with Gasteiger partial charge in [-0.1, -0.05) is 0 Å². The van der Waals surface area contributed by atoms with Crippen molar-refractivity contribution in [2.24, 2.45) is 0 Å². The van der Waals surface area contributed by atoms with Gasteiger partial charge in [0.1, 0.15) is 17.5 Å². The number of nitrogens with zero attached hydrogens (tertiary/aromatic N) is 3. The molecular formula is C15H11F3N4O3. The van der Waals surface area contributed by atoms with Gasteiger partial charge in [-0.05, 0) is 12.1 Å². The third-order valence-corrected chi connectivity index (χ3v) is 2.99. The van der Waals surface area contributed by atoms with E-state index in [9.17, 15) is 18.0 Å². The number of amides is 1. The van der Waals surface area contributed by atoms with E-state index in [0.29, 0.717) is 11.3 Å². The van der Waals surface area contributed by atoms with E-state index in [1.807, 2.05) is 6.07 Å². The third kappa shape index (κ3) is 4.57. The van der Waals surface area contributed by atoms with Crippen LogP contribution in [0.3, 0.4) is 0 Å². The van der Waals surface area contributed by atoms with E-state index < -0.39 is 24.2 Å². The summed E-state index contributed by atoms with van der Waals surface area (Å²) in [5.74, 6) is -2.45. The van der Waals surface area contributed by atoms with Crippen molar-refractivity contribution in [3.63, 3.8) is 0 Å². The minimum absolute atomic E-state index is 0.0316. The topological polar surface area (TPSA) is 97.1 Å². The van der Waals surface area contributed by atoms with Crippen molar-refractivity contribution in [1.29, 1.82) is 5.26 Å². The average Bonchev–Trinajstić information content (AvgIpc) is 2.60. The van der Waals surface area contributed by atoms with E-state index in [1.165, 1.54) is 19.4 Å². The highest BCUT2D eigenvalue weighted by Crippen LogP contribution is 2.19. The number of carbonyl (C=O) groups excluding carboxylic acids is 1. The molecule has 1 N–H and O–H groups in total. The molecular weight excluding hydrogens is 341 g/mol. The van der Waals surface area contributed by atoms with Gasteiger partial charge in [0, 0.05) is 18.3 Å². The van der Waals surface area contributed by atoms with Gasteiger partial charge in [0.15, 0.2) is 5.82 Å². The molecule has 0 unspecified atom stereocenters. The first-order valence-corrected chi connectivity index (χ1v) is 6.76. The number of nitriles is 1. The highest BCUT2D eigenvalue weighted by Gasteiger charge is 2.15. The number of aromatic nitrogens is 2. The van der Waals surface area contributed by atoms with Gasteiger partial charge >= 0.3 is 6.61 Å².